The van der Waals surface area contributed by atoms with E-state index in [0.29, 0.717) is 27.2 Å². The third-order valence-electron chi connectivity index (χ3n) is 4.83. The summed E-state index contributed by atoms with van der Waals surface area (Å²) < 4.78 is 23.0. The van der Waals surface area contributed by atoms with Crippen LogP contribution in [-0.4, -0.2) is 33.4 Å². The summed E-state index contributed by atoms with van der Waals surface area (Å²) in [7, 11) is 1.55. The van der Waals surface area contributed by atoms with Gasteiger partial charge >= 0.3 is 6.09 Å². The van der Waals surface area contributed by atoms with Crippen LogP contribution in [0.2, 0.25) is 0 Å². The topological polar surface area (TPSA) is 72.8 Å². The first-order valence-electron chi connectivity index (χ1n) is 10.5. The molecule has 0 spiro atoms. The highest BCUT2D eigenvalue weighted by atomic mass is 79.9. The number of fused-ring (bicyclic) bond motifs is 1. The lowest BCUT2D eigenvalue weighted by Gasteiger charge is -2.27. The molecule has 0 saturated heterocycles. The van der Waals surface area contributed by atoms with E-state index in [4.69, 9.17) is 9.57 Å². The first kappa shape index (κ1) is 23.6. The third kappa shape index (κ3) is 5.17. The maximum Gasteiger partial charge on any atom is 0.416 e. The third-order valence-corrected chi connectivity index (χ3v) is 5.39. The van der Waals surface area contributed by atoms with Gasteiger partial charge in [0.15, 0.2) is 5.65 Å². The van der Waals surface area contributed by atoms with E-state index in [1.54, 1.807) is 73.9 Å². The van der Waals surface area contributed by atoms with E-state index < -0.39 is 11.7 Å². The van der Waals surface area contributed by atoms with E-state index in [1.807, 2.05) is 12.1 Å². The zero-order chi connectivity index (χ0) is 24.5. The van der Waals surface area contributed by atoms with Crippen LogP contribution in [0, 0.1) is 5.82 Å². The van der Waals surface area contributed by atoms with Crippen LogP contribution >= 0.6 is 15.9 Å². The van der Waals surface area contributed by atoms with Crippen molar-refractivity contribution in [3.05, 3.63) is 76.9 Å². The van der Waals surface area contributed by atoms with E-state index in [1.165, 1.54) is 17.0 Å². The molecule has 10 heteroatoms. The Morgan fingerprint density at radius 2 is 1.97 bits per heavy atom. The summed E-state index contributed by atoms with van der Waals surface area (Å²) >= 11 is 3.48. The lowest BCUT2D eigenvalue weighted by molar-refractivity contribution is -0.885. The van der Waals surface area contributed by atoms with Gasteiger partial charge in [-0.1, -0.05) is 0 Å². The smallest absolute Gasteiger partial charge is 0.416 e. The van der Waals surface area contributed by atoms with Gasteiger partial charge in [0.25, 0.3) is 0 Å². The zero-order valence-corrected chi connectivity index (χ0v) is 20.8. The number of carbonyl (C=O) groups is 1. The first-order chi connectivity index (χ1) is 16.1. The van der Waals surface area contributed by atoms with Crippen molar-refractivity contribution < 1.29 is 23.5 Å². The zero-order valence-electron chi connectivity index (χ0n) is 19.2. The summed E-state index contributed by atoms with van der Waals surface area (Å²) in [5.41, 5.74) is 1.84. The number of amides is 1. The fourth-order valence-electron chi connectivity index (χ4n) is 3.33. The van der Waals surface area contributed by atoms with Crippen molar-refractivity contribution in [3.8, 4) is 11.3 Å². The molecule has 176 valence electrons. The fraction of sp³-hybridized carbons (Fsp3) is 0.250. The van der Waals surface area contributed by atoms with Crippen LogP contribution in [0.5, 0.6) is 0 Å². The minimum atomic E-state index is -0.713. The largest absolute Gasteiger partial charge is 0.443 e. The highest BCUT2D eigenvalue weighted by molar-refractivity contribution is 9.10. The van der Waals surface area contributed by atoms with E-state index in [2.05, 4.69) is 26.0 Å². The highest BCUT2D eigenvalue weighted by Crippen LogP contribution is 2.29. The van der Waals surface area contributed by atoms with Crippen LogP contribution in [0.1, 0.15) is 26.3 Å². The number of pyridine rings is 1. The Morgan fingerprint density at radius 3 is 2.65 bits per heavy atom. The number of carbonyl (C=O) groups excluding carboxylic acids is 1. The normalized spacial score (nSPS) is 11.5. The number of nitrogens with zero attached hydrogens (tertiary/aromatic N) is 5. The first-order valence-corrected chi connectivity index (χ1v) is 11.3. The molecule has 1 aromatic carbocycles. The second kappa shape index (κ2) is 9.38. The molecule has 0 bridgehead atoms. The molecule has 4 rings (SSSR count). The summed E-state index contributed by atoms with van der Waals surface area (Å²) in [6.45, 7) is 5.60. The molecule has 3 heterocycles. The second-order valence-corrected chi connectivity index (χ2v) is 9.41. The van der Waals surface area contributed by atoms with E-state index >= 15 is 0 Å². The molecule has 0 fully saturated rings. The quantitative estimate of drug-likeness (QED) is 0.354. The van der Waals surface area contributed by atoms with Gasteiger partial charge in [0.1, 0.15) is 24.3 Å². The van der Waals surface area contributed by atoms with Gasteiger partial charge < -0.3 is 4.74 Å². The van der Waals surface area contributed by atoms with E-state index in [-0.39, 0.29) is 12.4 Å². The van der Waals surface area contributed by atoms with Crippen LogP contribution in [-0.2, 0) is 11.3 Å². The number of aromatic nitrogens is 4. The molecule has 0 N–H and O–H groups in total. The Balaban J connectivity index is 1.88. The van der Waals surface area contributed by atoms with Crippen LogP contribution in [0.3, 0.4) is 0 Å². The Hall–Kier alpha value is -3.53. The molecule has 0 radical (unpaired) electrons. The van der Waals surface area contributed by atoms with Gasteiger partial charge in [-0.3, -0.25) is 9.74 Å². The minimum absolute atomic E-state index is 0.179. The molecule has 0 saturated carbocycles. The monoisotopic (exact) mass is 528 g/mol. The Morgan fingerprint density at radius 1 is 1.24 bits per heavy atom. The second-order valence-electron chi connectivity index (χ2n) is 8.56. The van der Waals surface area contributed by atoms with Crippen molar-refractivity contribution in [2.24, 2.45) is 0 Å². The minimum Gasteiger partial charge on any atom is -0.443 e. The SMILES string of the molecule is CO[n+]1cccc(CN(C(=O)OC(C)(C)C)c2cc(-c3ccc(F)cc3)nc3c(Br)cnn23)c1. The number of hydrogen-bond acceptors (Lipinski definition) is 5. The Kier molecular flexibility index (Phi) is 6.52. The average Bonchev–Trinajstić information content (AvgIpc) is 3.17. The van der Waals surface area contributed by atoms with Crippen molar-refractivity contribution >= 4 is 33.5 Å². The van der Waals surface area contributed by atoms with Crippen molar-refractivity contribution in [3.63, 3.8) is 0 Å². The molecule has 0 aliphatic carbocycles. The van der Waals surface area contributed by atoms with Crippen molar-refractivity contribution in [2.45, 2.75) is 32.9 Å². The standard InChI is InChI=1S/C24H24BrFN5O3/c1-24(2,3)34-23(32)30(15-16-6-5-11-29(14-16)33-4)21-12-20(17-7-9-18(26)10-8-17)28-22-19(25)13-27-31(21)22/h5-14H,15H2,1-4H3/q+1. The summed E-state index contributed by atoms with van der Waals surface area (Å²) in [4.78, 5) is 24.8. The number of anilines is 1. The van der Waals surface area contributed by atoms with Crippen molar-refractivity contribution in [1.29, 1.82) is 0 Å². The summed E-state index contributed by atoms with van der Waals surface area (Å²) in [5, 5.41) is 4.41. The molecule has 0 aliphatic heterocycles. The predicted molar refractivity (Wildman–Crippen MR) is 128 cm³/mol. The number of ether oxygens (including phenoxy) is 1. The van der Waals surface area contributed by atoms with Gasteiger partial charge in [0, 0.05) is 28.0 Å². The van der Waals surface area contributed by atoms with Gasteiger partial charge in [-0.05, 0) is 67.0 Å². The number of rotatable bonds is 5. The molecule has 0 aliphatic rings. The van der Waals surface area contributed by atoms with Crippen LogP contribution < -0.4 is 14.5 Å². The Labute approximate surface area is 204 Å². The fourth-order valence-corrected chi connectivity index (χ4v) is 3.68. The highest BCUT2D eigenvalue weighted by Gasteiger charge is 2.28. The summed E-state index contributed by atoms with van der Waals surface area (Å²) in [6, 6.07) is 11.4. The van der Waals surface area contributed by atoms with E-state index in [9.17, 15) is 9.18 Å². The molecule has 4 aromatic rings. The van der Waals surface area contributed by atoms with Gasteiger partial charge in [0.05, 0.1) is 22.9 Å². The van der Waals surface area contributed by atoms with Crippen LogP contribution in [0.25, 0.3) is 16.9 Å². The number of halogens is 2. The molecule has 0 atom stereocenters. The summed E-state index contributed by atoms with van der Waals surface area (Å²) in [5.74, 6) is 0.0959. The molecule has 0 unspecified atom stereocenters. The van der Waals surface area contributed by atoms with Crippen LogP contribution in [0.4, 0.5) is 15.0 Å². The van der Waals surface area contributed by atoms with Crippen LogP contribution in [0.15, 0.2) is 65.5 Å². The molecular formula is C24H24BrFN5O3+. The van der Waals surface area contributed by atoms with Gasteiger partial charge in [-0.2, -0.15) is 9.61 Å². The maximum atomic E-state index is 13.5. The lowest BCUT2D eigenvalue weighted by atomic mass is 10.1. The molecule has 8 nitrogen and oxygen atoms in total. The van der Waals surface area contributed by atoms with E-state index in [0.717, 1.165) is 5.56 Å². The van der Waals surface area contributed by atoms with Gasteiger partial charge in [0.2, 0.25) is 12.4 Å². The number of benzene rings is 1. The van der Waals surface area contributed by atoms with Gasteiger partial charge in [-0.25, -0.2) is 14.2 Å². The molecule has 34 heavy (non-hydrogen) atoms. The molecule has 1 amide bonds. The number of hydrogen-bond donors (Lipinski definition) is 0. The summed E-state index contributed by atoms with van der Waals surface area (Å²) in [6.07, 6.45) is 4.58. The van der Waals surface area contributed by atoms with Gasteiger partial charge in [-0.15, -0.1) is 0 Å². The van der Waals surface area contributed by atoms with Crippen molar-refractivity contribution in [2.75, 3.05) is 12.0 Å². The maximum absolute atomic E-state index is 13.5. The Bertz CT molecular complexity index is 1330. The lowest BCUT2D eigenvalue weighted by Crippen LogP contribution is -2.41. The van der Waals surface area contributed by atoms with Crippen molar-refractivity contribution in [1.82, 2.24) is 14.6 Å². The molecular weight excluding hydrogens is 505 g/mol. The molecule has 3 aromatic heterocycles. The average molecular weight is 529 g/mol. The predicted octanol–water partition coefficient (Wildman–Crippen LogP) is 4.59.